The number of carbonyl (C=O) groups is 2. The molecular formula is C17H20N4O3. The molecule has 7 heteroatoms. The normalized spacial score (nSPS) is 18.1. The molecule has 0 radical (unpaired) electrons. The molecule has 1 aliphatic heterocycles. The summed E-state index contributed by atoms with van der Waals surface area (Å²) in [5.41, 5.74) is 0.891. The minimum absolute atomic E-state index is 0.0897. The molecule has 0 bridgehead atoms. The molecular weight excluding hydrogens is 308 g/mol. The summed E-state index contributed by atoms with van der Waals surface area (Å²) in [6.07, 6.45) is 4.42. The molecule has 0 aliphatic carbocycles. The quantitative estimate of drug-likeness (QED) is 0.854. The standard InChI is InChI=1S/C17H20N4O3/c1-21-10-9-18-16(21)15(11-3-5-12(24-2)6-4-11)20-17(23)13-7-8-14(22)19-13/h3-6,9-10,13,15H,7-8H2,1-2H3,(H,19,22)(H,20,23). The van der Waals surface area contributed by atoms with E-state index in [1.54, 1.807) is 13.3 Å². The fourth-order valence-electron chi connectivity index (χ4n) is 2.80. The molecule has 0 spiro atoms. The smallest absolute Gasteiger partial charge is 0.243 e. The molecule has 0 saturated carbocycles. The predicted octanol–water partition coefficient (Wildman–Crippen LogP) is 0.913. The van der Waals surface area contributed by atoms with E-state index < -0.39 is 12.1 Å². The van der Waals surface area contributed by atoms with Crippen molar-refractivity contribution in [1.82, 2.24) is 20.2 Å². The summed E-state index contributed by atoms with van der Waals surface area (Å²) >= 11 is 0. The van der Waals surface area contributed by atoms with Crippen LogP contribution in [0.1, 0.15) is 30.3 Å². The SMILES string of the molecule is COc1ccc(C(NC(=O)C2CCC(=O)N2)c2nccn2C)cc1. The molecule has 1 aliphatic rings. The van der Waals surface area contributed by atoms with Crippen LogP contribution < -0.4 is 15.4 Å². The Balaban J connectivity index is 1.86. The van der Waals surface area contributed by atoms with Gasteiger partial charge in [0.1, 0.15) is 23.7 Å². The molecule has 7 nitrogen and oxygen atoms in total. The van der Waals surface area contributed by atoms with E-state index in [-0.39, 0.29) is 11.8 Å². The number of ether oxygens (including phenoxy) is 1. The second-order valence-electron chi connectivity index (χ2n) is 5.77. The van der Waals surface area contributed by atoms with Crippen LogP contribution in [0.15, 0.2) is 36.7 Å². The summed E-state index contributed by atoms with van der Waals surface area (Å²) < 4.78 is 7.05. The maximum atomic E-state index is 12.5. The second kappa shape index (κ2) is 6.74. The second-order valence-corrected chi connectivity index (χ2v) is 5.77. The predicted molar refractivity (Wildman–Crippen MR) is 87.4 cm³/mol. The zero-order chi connectivity index (χ0) is 17.1. The van der Waals surface area contributed by atoms with Crippen molar-refractivity contribution in [2.75, 3.05) is 7.11 Å². The van der Waals surface area contributed by atoms with E-state index in [2.05, 4.69) is 15.6 Å². The molecule has 1 aromatic heterocycles. The Morgan fingerprint density at radius 3 is 2.71 bits per heavy atom. The number of hydrogen-bond donors (Lipinski definition) is 2. The lowest BCUT2D eigenvalue weighted by Gasteiger charge is -2.21. The third kappa shape index (κ3) is 3.24. The summed E-state index contributed by atoms with van der Waals surface area (Å²) in [4.78, 5) is 28.2. The van der Waals surface area contributed by atoms with Gasteiger partial charge >= 0.3 is 0 Å². The van der Waals surface area contributed by atoms with Gasteiger partial charge in [-0.2, -0.15) is 0 Å². The highest BCUT2D eigenvalue weighted by Gasteiger charge is 2.30. The first-order valence-corrected chi connectivity index (χ1v) is 7.79. The molecule has 2 N–H and O–H groups in total. The Bertz CT molecular complexity index is 739. The number of imidazole rings is 1. The molecule has 2 heterocycles. The van der Waals surface area contributed by atoms with Gasteiger partial charge < -0.3 is 19.9 Å². The molecule has 3 rings (SSSR count). The number of rotatable bonds is 5. The van der Waals surface area contributed by atoms with Crippen LogP contribution in [-0.4, -0.2) is 34.5 Å². The minimum atomic E-state index is -0.487. The fourth-order valence-corrected chi connectivity index (χ4v) is 2.80. The van der Waals surface area contributed by atoms with Crippen LogP contribution in [0, 0.1) is 0 Å². The number of amides is 2. The molecule has 1 fully saturated rings. The van der Waals surface area contributed by atoms with Gasteiger partial charge in [0.2, 0.25) is 11.8 Å². The maximum Gasteiger partial charge on any atom is 0.243 e. The molecule has 2 aromatic rings. The van der Waals surface area contributed by atoms with Gasteiger partial charge in [0.25, 0.3) is 0 Å². The number of aryl methyl sites for hydroxylation is 1. The van der Waals surface area contributed by atoms with Gasteiger partial charge in [-0.15, -0.1) is 0 Å². The van der Waals surface area contributed by atoms with Crippen molar-refractivity contribution in [2.24, 2.45) is 7.05 Å². The van der Waals surface area contributed by atoms with Crippen molar-refractivity contribution in [1.29, 1.82) is 0 Å². The van der Waals surface area contributed by atoms with Crippen molar-refractivity contribution in [3.63, 3.8) is 0 Å². The van der Waals surface area contributed by atoms with E-state index in [0.717, 1.165) is 17.1 Å². The first-order chi connectivity index (χ1) is 11.6. The summed E-state index contributed by atoms with van der Waals surface area (Å²) in [6, 6.07) is 6.58. The first-order valence-electron chi connectivity index (χ1n) is 7.79. The monoisotopic (exact) mass is 328 g/mol. The van der Waals surface area contributed by atoms with E-state index in [1.165, 1.54) is 0 Å². The highest BCUT2D eigenvalue weighted by Crippen LogP contribution is 2.23. The Morgan fingerprint density at radius 2 is 2.17 bits per heavy atom. The highest BCUT2D eigenvalue weighted by atomic mass is 16.5. The van der Waals surface area contributed by atoms with Gasteiger partial charge in [-0.25, -0.2) is 4.98 Å². The van der Waals surface area contributed by atoms with Crippen LogP contribution in [0.2, 0.25) is 0 Å². The largest absolute Gasteiger partial charge is 0.497 e. The minimum Gasteiger partial charge on any atom is -0.497 e. The first kappa shape index (κ1) is 16.0. The van der Waals surface area contributed by atoms with Crippen molar-refractivity contribution in [2.45, 2.75) is 24.9 Å². The van der Waals surface area contributed by atoms with E-state index in [1.807, 2.05) is 42.1 Å². The van der Waals surface area contributed by atoms with E-state index >= 15 is 0 Å². The Labute approximate surface area is 140 Å². The molecule has 1 saturated heterocycles. The number of benzene rings is 1. The number of nitrogens with one attached hydrogen (secondary N) is 2. The molecule has 2 unspecified atom stereocenters. The van der Waals surface area contributed by atoms with Crippen LogP contribution in [0.4, 0.5) is 0 Å². The van der Waals surface area contributed by atoms with Gasteiger partial charge in [0.15, 0.2) is 0 Å². The molecule has 2 amide bonds. The van der Waals surface area contributed by atoms with Gasteiger partial charge in [-0.1, -0.05) is 12.1 Å². The lowest BCUT2D eigenvalue weighted by atomic mass is 10.0. The van der Waals surface area contributed by atoms with Crippen LogP contribution in [0.25, 0.3) is 0 Å². The molecule has 1 aromatic carbocycles. The average Bonchev–Trinajstić information content (AvgIpc) is 3.21. The summed E-state index contributed by atoms with van der Waals surface area (Å²) in [5.74, 6) is 1.17. The van der Waals surface area contributed by atoms with Crippen LogP contribution in [0.3, 0.4) is 0 Å². The zero-order valence-corrected chi connectivity index (χ0v) is 13.7. The number of hydrogen-bond acceptors (Lipinski definition) is 4. The zero-order valence-electron chi connectivity index (χ0n) is 13.7. The summed E-state index contributed by atoms with van der Waals surface area (Å²) in [5, 5.41) is 5.69. The fraction of sp³-hybridized carbons (Fsp3) is 0.353. The number of methoxy groups -OCH3 is 1. The van der Waals surface area contributed by atoms with Crippen molar-refractivity contribution in [3.05, 3.63) is 48.0 Å². The number of carbonyl (C=O) groups excluding carboxylic acids is 2. The molecule has 2 atom stereocenters. The Hall–Kier alpha value is -2.83. The molecule has 126 valence electrons. The van der Waals surface area contributed by atoms with Gasteiger partial charge in [-0.05, 0) is 24.1 Å². The van der Waals surface area contributed by atoms with Crippen LogP contribution in [-0.2, 0) is 16.6 Å². The van der Waals surface area contributed by atoms with Crippen LogP contribution >= 0.6 is 0 Å². The summed E-state index contributed by atoms with van der Waals surface area (Å²) in [7, 11) is 3.48. The number of aromatic nitrogens is 2. The van der Waals surface area contributed by atoms with Crippen molar-refractivity contribution < 1.29 is 14.3 Å². The van der Waals surface area contributed by atoms with Crippen molar-refractivity contribution >= 4 is 11.8 Å². The van der Waals surface area contributed by atoms with Crippen molar-refractivity contribution in [3.8, 4) is 5.75 Å². The molecule has 24 heavy (non-hydrogen) atoms. The topological polar surface area (TPSA) is 85.2 Å². The maximum absolute atomic E-state index is 12.5. The van der Waals surface area contributed by atoms with Crippen LogP contribution in [0.5, 0.6) is 5.75 Å². The Kier molecular flexibility index (Phi) is 4.50. The lowest BCUT2D eigenvalue weighted by Crippen LogP contribution is -2.43. The number of nitrogens with zero attached hydrogens (tertiary/aromatic N) is 2. The third-order valence-corrected chi connectivity index (χ3v) is 4.16. The lowest BCUT2D eigenvalue weighted by molar-refractivity contribution is -0.126. The third-order valence-electron chi connectivity index (χ3n) is 4.16. The van der Waals surface area contributed by atoms with E-state index in [9.17, 15) is 9.59 Å². The van der Waals surface area contributed by atoms with E-state index in [4.69, 9.17) is 4.74 Å². The summed E-state index contributed by atoms with van der Waals surface area (Å²) in [6.45, 7) is 0. The van der Waals surface area contributed by atoms with E-state index in [0.29, 0.717) is 12.8 Å². The van der Waals surface area contributed by atoms with Gasteiger partial charge in [0, 0.05) is 25.9 Å². The Morgan fingerprint density at radius 1 is 1.42 bits per heavy atom. The average molecular weight is 328 g/mol. The highest BCUT2D eigenvalue weighted by molar-refractivity contribution is 5.91. The van der Waals surface area contributed by atoms with Gasteiger partial charge in [-0.3, -0.25) is 9.59 Å². The van der Waals surface area contributed by atoms with Gasteiger partial charge in [0.05, 0.1) is 7.11 Å².